The summed E-state index contributed by atoms with van der Waals surface area (Å²) in [4.78, 5) is 14.6. The number of Topliss-reactive ketones (excluding diaryl/α,β-unsaturated/α-hetero) is 1. The largest absolute Gasteiger partial charge is 0.489 e. The number of hydrogen-bond acceptors (Lipinski definition) is 4. The minimum Gasteiger partial charge on any atom is -0.489 e. The molecule has 0 aliphatic carbocycles. The summed E-state index contributed by atoms with van der Waals surface area (Å²) in [6, 6.07) is 13.3. The fourth-order valence-corrected chi connectivity index (χ4v) is 2.58. The first-order chi connectivity index (χ1) is 12.4. The number of anilines is 1. The van der Waals surface area contributed by atoms with Gasteiger partial charge in [0.2, 0.25) is 5.78 Å². The standard InChI is InChI=1S/C22H23NO3/c1-15(2)11-12-25-18-9-10-19-20(14-18)26-21(22(19)24)13-16-5-7-17(8-6-16)23(3)4/h5-11,13-14H,12H2,1-4H3/b21-13-. The predicted octanol–water partition coefficient (Wildman–Crippen LogP) is 4.71. The summed E-state index contributed by atoms with van der Waals surface area (Å²) < 4.78 is 11.4. The zero-order valence-electron chi connectivity index (χ0n) is 15.6. The molecule has 1 aliphatic rings. The number of benzene rings is 2. The van der Waals surface area contributed by atoms with E-state index in [2.05, 4.69) is 0 Å². The van der Waals surface area contributed by atoms with E-state index in [0.717, 1.165) is 11.3 Å². The van der Waals surface area contributed by atoms with Crippen molar-refractivity contribution in [3.8, 4) is 11.5 Å². The van der Waals surface area contributed by atoms with Crippen LogP contribution in [0.15, 0.2) is 59.9 Å². The Bertz CT molecular complexity index is 873. The Balaban J connectivity index is 1.77. The van der Waals surface area contributed by atoms with E-state index in [0.29, 0.717) is 29.4 Å². The number of ether oxygens (including phenoxy) is 2. The Morgan fingerprint density at radius 3 is 2.50 bits per heavy atom. The third-order valence-electron chi connectivity index (χ3n) is 4.09. The van der Waals surface area contributed by atoms with Crippen molar-refractivity contribution in [2.24, 2.45) is 0 Å². The van der Waals surface area contributed by atoms with Gasteiger partial charge in [-0.3, -0.25) is 4.79 Å². The molecule has 2 aromatic carbocycles. The van der Waals surface area contributed by atoms with Crippen LogP contribution >= 0.6 is 0 Å². The maximum Gasteiger partial charge on any atom is 0.231 e. The molecule has 4 heteroatoms. The second kappa shape index (κ2) is 7.48. The number of ketones is 1. The smallest absolute Gasteiger partial charge is 0.231 e. The van der Waals surface area contributed by atoms with Crippen molar-refractivity contribution < 1.29 is 14.3 Å². The molecule has 0 bridgehead atoms. The molecule has 0 saturated heterocycles. The van der Waals surface area contributed by atoms with Gasteiger partial charge in [-0.15, -0.1) is 0 Å². The van der Waals surface area contributed by atoms with Gasteiger partial charge in [-0.05, 0) is 55.8 Å². The van der Waals surface area contributed by atoms with Crippen molar-refractivity contribution in [3.05, 3.63) is 71.0 Å². The molecule has 4 nitrogen and oxygen atoms in total. The van der Waals surface area contributed by atoms with Crippen molar-refractivity contribution in [1.82, 2.24) is 0 Å². The highest BCUT2D eigenvalue weighted by atomic mass is 16.5. The van der Waals surface area contributed by atoms with E-state index in [1.807, 2.05) is 63.2 Å². The van der Waals surface area contributed by atoms with Gasteiger partial charge >= 0.3 is 0 Å². The zero-order chi connectivity index (χ0) is 18.7. The van der Waals surface area contributed by atoms with Crippen LogP contribution in [0, 0.1) is 0 Å². The highest BCUT2D eigenvalue weighted by Gasteiger charge is 2.27. The molecule has 0 spiro atoms. The molecule has 0 aromatic heterocycles. The van der Waals surface area contributed by atoms with Gasteiger partial charge in [0.1, 0.15) is 18.1 Å². The third kappa shape index (κ3) is 3.97. The summed E-state index contributed by atoms with van der Waals surface area (Å²) in [5.74, 6) is 1.46. The van der Waals surface area contributed by atoms with Crippen LogP contribution in [-0.4, -0.2) is 26.5 Å². The number of carbonyl (C=O) groups excluding carboxylic acids is 1. The van der Waals surface area contributed by atoms with Gasteiger partial charge in [-0.1, -0.05) is 17.7 Å². The Labute approximate surface area is 154 Å². The van der Waals surface area contributed by atoms with E-state index >= 15 is 0 Å². The molecule has 1 aliphatic heterocycles. The number of nitrogens with zero attached hydrogens (tertiary/aromatic N) is 1. The van der Waals surface area contributed by atoms with Crippen molar-refractivity contribution >= 4 is 17.5 Å². The van der Waals surface area contributed by atoms with Crippen LogP contribution in [0.5, 0.6) is 11.5 Å². The number of carbonyl (C=O) groups is 1. The molecule has 26 heavy (non-hydrogen) atoms. The van der Waals surface area contributed by atoms with Gasteiger partial charge in [0.05, 0.1) is 5.56 Å². The van der Waals surface area contributed by atoms with E-state index in [9.17, 15) is 4.79 Å². The molecule has 134 valence electrons. The first kappa shape index (κ1) is 17.8. The summed E-state index contributed by atoms with van der Waals surface area (Å²) in [5.41, 5.74) is 3.79. The first-order valence-corrected chi connectivity index (χ1v) is 8.56. The van der Waals surface area contributed by atoms with Crippen LogP contribution < -0.4 is 14.4 Å². The molecule has 2 aromatic rings. The van der Waals surface area contributed by atoms with Crippen LogP contribution in [-0.2, 0) is 0 Å². The van der Waals surface area contributed by atoms with Crippen molar-refractivity contribution in [2.45, 2.75) is 13.8 Å². The highest BCUT2D eigenvalue weighted by Crippen LogP contribution is 2.35. The molecule has 0 N–H and O–H groups in total. The van der Waals surface area contributed by atoms with Crippen LogP contribution in [0.3, 0.4) is 0 Å². The van der Waals surface area contributed by atoms with Gasteiger partial charge in [0, 0.05) is 25.8 Å². The third-order valence-corrected chi connectivity index (χ3v) is 4.09. The van der Waals surface area contributed by atoms with E-state index in [1.54, 1.807) is 24.3 Å². The second-order valence-corrected chi connectivity index (χ2v) is 6.68. The van der Waals surface area contributed by atoms with Gasteiger partial charge < -0.3 is 14.4 Å². The molecular formula is C22H23NO3. The summed E-state index contributed by atoms with van der Waals surface area (Å²) in [7, 11) is 3.98. The minimum atomic E-state index is -0.104. The molecule has 0 unspecified atom stereocenters. The van der Waals surface area contributed by atoms with Gasteiger partial charge in [0.15, 0.2) is 5.76 Å². The highest BCUT2D eigenvalue weighted by molar-refractivity contribution is 6.14. The predicted molar refractivity (Wildman–Crippen MR) is 105 cm³/mol. The maximum atomic E-state index is 12.5. The minimum absolute atomic E-state index is 0.104. The Kier molecular flexibility index (Phi) is 5.12. The van der Waals surface area contributed by atoms with E-state index < -0.39 is 0 Å². The van der Waals surface area contributed by atoms with Gasteiger partial charge in [-0.25, -0.2) is 0 Å². The summed E-state index contributed by atoms with van der Waals surface area (Å²) in [6.45, 7) is 4.54. The fraction of sp³-hybridized carbons (Fsp3) is 0.227. The van der Waals surface area contributed by atoms with Crippen molar-refractivity contribution in [3.63, 3.8) is 0 Å². The van der Waals surface area contributed by atoms with Crippen LogP contribution in [0.4, 0.5) is 5.69 Å². The SMILES string of the molecule is CC(C)=CCOc1ccc2c(c1)O/C(=C\c1ccc(N(C)C)cc1)C2=O. The molecule has 0 radical (unpaired) electrons. The average Bonchev–Trinajstić information content (AvgIpc) is 2.90. The topological polar surface area (TPSA) is 38.8 Å². The summed E-state index contributed by atoms with van der Waals surface area (Å²) in [5, 5.41) is 0. The normalized spacial score (nSPS) is 14.0. The van der Waals surface area contributed by atoms with Crippen LogP contribution in [0.25, 0.3) is 6.08 Å². The molecule has 0 atom stereocenters. The number of rotatable bonds is 5. The lowest BCUT2D eigenvalue weighted by atomic mass is 10.1. The quantitative estimate of drug-likeness (QED) is 0.579. The monoisotopic (exact) mass is 349 g/mol. The zero-order valence-corrected chi connectivity index (χ0v) is 15.6. The lowest BCUT2D eigenvalue weighted by Crippen LogP contribution is -2.08. The van der Waals surface area contributed by atoms with E-state index in [4.69, 9.17) is 9.47 Å². The second-order valence-electron chi connectivity index (χ2n) is 6.68. The maximum absolute atomic E-state index is 12.5. The lowest BCUT2D eigenvalue weighted by molar-refractivity contribution is 0.101. The molecule has 0 saturated carbocycles. The van der Waals surface area contributed by atoms with E-state index in [-0.39, 0.29) is 5.78 Å². The molecule has 3 rings (SSSR count). The average molecular weight is 349 g/mol. The van der Waals surface area contributed by atoms with Crippen molar-refractivity contribution in [2.75, 3.05) is 25.6 Å². The lowest BCUT2D eigenvalue weighted by Gasteiger charge is -2.11. The number of allylic oxidation sites excluding steroid dienone is 2. The first-order valence-electron chi connectivity index (χ1n) is 8.56. The van der Waals surface area contributed by atoms with Gasteiger partial charge in [0.25, 0.3) is 0 Å². The molecule has 1 heterocycles. The van der Waals surface area contributed by atoms with Crippen LogP contribution in [0.2, 0.25) is 0 Å². The van der Waals surface area contributed by atoms with Crippen LogP contribution in [0.1, 0.15) is 29.8 Å². The van der Waals surface area contributed by atoms with Gasteiger partial charge in [-0.2, -0.15) is 0 Å². The molecule has 0 fully saturated rings. The Morgan fingerprint density at radius 1 is 1.12 bits per heavy atom. The number of hydrogen-bond donors (Lipinski definition) is 0. The summed E-state index contributed by atoms with van der Waals surface area (Å²) >= 11 is 0. The Hall–Kier alpha value is -3.01. The summed E-state index contributed by atoms with van der Waals surface area (Å²) in [6.07, 6.45) is 3.77. The fourth-order valence-electron chi connectivity index (χ4n) is 2.58. The molecule has 0 amide bonds. The van der Waals surface area contributed by atoms with Crippen molar-refractivity contribution in [1.29, 1.82) is 0 Å². The van der Waals surface area contributed by atoms with E-state index in [1.165, 1.54) is 5.57 Å². The Morgan fingerprint density at radius 2 is 1.85 bits per heavy atom. The molecular weight excluding hydrogens is 326 g/mol. The number of fused-ring (bicyclic) bond motifs is 1.